The van der Waals surface area contributed by atoms with Crippen molar-refractivity contribution in [3.05, 3.63) is 35.9 Å². The normalized spacial score (nSPS) is 17.7. The number of nitrogens with one attached hydrogen (secondary N) is 1. The Kier molecular flexibility index (Phi) is 5.39. The quantitative estimate of drug-likeness (QED) is 0.796. The Morgan fingerprint density at radius 2 is 2.00 bits per heavy atom. The zero-order chi connectivity index (χ0) is 15.3. The van der Waals surface area contributed by atoms with Gasteiger partial charge in [0.1, 0.15) is 5.54 Å². The van der Waals surface area contributed by atoms with E-state index in [4.69, 9.17) is 0 Å². The summed E-state index contributed by atoms with van der Waals surface area (Å²) >= 11 is 0. The molecule has 1 N–H and O–H groups in total. The summed E-state index contributed by atoms with van der Waals surface area (Å²) < 4.78 is 0. The lowest BCUT2D eigenvalue weighted by atomic mass is 9.89. The molecule has 1 aromatic carbocycles. The Hall–Kier alpha value is -1.37. The lowest BCUT2D eigenvalue weighted by Crippen LogP contribution is -2.52. The van der Waals surface area contributed by atoms with Crippen LogP contribution in [0.25, 0.3) is 0 Å². The summed E-state index contributed by atoms with van der Waals surface area (Å²) in [5.74, 6) is 0. The standard InChI is InChI=1S/C18H27N3/c1-4-12-21(15(2)3)14-18(13-19,20-17-10-11-17)16-8-6-5-7-9-16/h5-9,15,17,20H,4,10-12,14H2,1-3H3. The highest BCUT2D eigenvalue weighted by molar-refractivity contribution is 5.33. The molecule has 1 fully saturated rings. The van der Waals surface area contributed by atoms with E-state index in [2.05, 4.69) is 49.2 Å². The van der Waals surface area contributed by atoms with Crippen LogP contribution in [-0.2, 0) is 5.54 Å². The second-order valence-corrected chi connectivity index (χ2v) is 6.37. The van der Waals surface area contributed by atoms with Crippen molar-refractivity contribution in [2.24, 2.45) is 0 Å². The maximum atomic E-state index is 9.97. The molecule has 0 aliphatic heterocycles. The summed E-state index contributed by atoms with van der Waals surface area (Å²) in [5, 5.41) is 13.6. The van der Waals surface area contributed by atoms with Crippen LogP contribution in [0.4, 0.5) is 0 Å². The minimum absolute atomic E-state index is 0.447. The van der Waals surface area contributed by atoms with Gasteiger partial charge in [0.2, 0.25) is 0 Å². The summed E-state index contributed by atoms with van der Waals surface area (Å²) in [4.78, 5) is 2.41. The van der Waals surface area contributed by atoms with Crippen LogP contribution >= 0.6 is 0 Å². The number of hydrogen-bond acceptors (Lipinski definition) is 3. The molecule has 0 radical (unpaired) electrons. The Bertz CT molecular complexity index is 473. The van der Waals surface area contributed by atoms with Crippen molar-refractivity contribution in [1.29, 1.82) is 5.26 Å². The van der Waals surface area contributed by atoms with Crippen LogP contribution in [0.15, 0.2) is 30.3 Å². The Morgan fingerprint density at radius 3 is 2.48 bits per heavy atom. The van der Waals surface area contributed by atoms with Crippen LogP contribution in [0.5, 0.6) is 0 Å². The van der Waals surface area contributed by atoms with E-state index >= 15 is 0 Å². The average molecular weight is 285 g/mol. The molecule has 1 saturated carbocycles. The van der Waals surface area contributed by atoms with E-state index in [1.165, 1.54) is 12.8 Å². The molecule has 0 amide bonds. The number of rotatable bonds is 8. The molecule has 1 unspecified atom stereocenters. The van der Waals surface area contributed by atoms with Crippen LogP contribution < -0.4 is 5.32 Å². The van der Waals surface area contributed by atoms with Gasteiger partial charge in [0, 0.05) is 18.6 Å². The molecule has 114 valence electrons. The van der Waals surface area contributed by atoms with Gasteiger partial charge in [0.15, 0.2) is 0 Å². The highest BCUT2D eigenvalue weighted by Gasteiger charge is 2.39. The third-order valence-corrected chi connectivity index (χ3v) is 4.17. The predicted octanol–water partition coefficient (Wildman–Crippen LogP) is 3.28. The summed E-state index contributed by atoms with van der Waals surface area (Å²) in [5.41, 5.74) is 0.489. The Labute approximate surface area is 129 Å². The summed E-state index contributed by atoms with van der Waals surface area (Å²) in [7, 11) is 0. The first-order valence-corrected chi connectivity index (χ1v) is 8.10. The van der Waals surface area contributed by atoms with E-state index in [9.17, 15) is 5.26 Å². The van der Waals surface area contributed by atoms with E-state index in [1.54, 1.807) is 0 Å². The van der Waals surface area contributed by atoms with Gasteiger partial charge < -0.3 is 0 Å². The highest BCUT2D eigenvalue weighted by atomic mass is 15.2. The zero-order valence-electron chi connectivity index (χ0n) is 13.5. The second-order valence-electron chi connectivity index (χ2n) is 6.37. The molecule has 1 aliphatic carbocycles. The molecule has 1 aliphatic rings. The Balaban J connectivity index is 2.28. The van der Waals surface area contributed by atoms with Crippen LogP contribution in [-0.4, -0.2) is 30.1 Å². The fourth-order valence-electron chi connectivity index (χ4n) is 2.76. The first-order chi connectivity index (χ1) is 10.1. The third kappa shape index (κ3) is 4.06. The van der Waals surface area contributed by atoms with E-state index in [1.807, 2.05) is 18.2 Å². The second kappa shape index (κ2) is 7.06. The lowest BCUT2D eigenvalue weighted by Gasteiger charge is -2.36. The smallest absolute Gasteiger partial charge is 0.145 e. The fourth-order valence-corrected chi connectivity index (χ4v) is 2.76. The molecule has 0 aromatic heterocycles. The number of nitrogens with zero attached hydrogens (tertiary/aromatic N) is 2. The molecule has 1 atom stereocenters. The van der Waals surface area contributed by atoms with Gasteiger partial charge in [-0.3, -0.25) is 10.2 Å². The van der Waals surface area contributed by atoms with Crippen LogP contribution in [0.2, 0.25) is 0 Å². The maximum Gasteiger partial charge on any atom is 0.145 e. The van der Waals surface area contributed by atoms with Crippen molar-refractivity contribution in [3.8, 4) is 6.07 Å². The molecule has 1 aromatic rings. The molecule has 2 rings (SSSR count). The topological polar surface area (TPSA) is 39.1 Å². The number of hydrogen-bond donors (Lipinski definition) is 1. The Morgan fingerprint density at radius 1 is 1.33 bits per heavy atom. The van der Waals surface area contributed by atoms with E-state index in [0.29, 0.717) is 12.1 Å². The molecular weight excluding hydrogens is 258 g/mol. The summed E-state index contributed by atoms with van der Waals surface area (Å²) in [6.45, 7) is 8.38. The third-order valence-electron chi connectivity index (χ3n) is 4.17. The highest BCUT2D eigenvalue weighted by Crippen LogP contribution is 2.29. The summed E-state index contributed by atoms with van der Waals surface area (Å²) in [6.07, 6.45) is 3.48. The van der Waals surface area contributed by atoms with Crippen molar-refractivity contribution in [2.75, 3.05) is 13.1 Å². The van der Waals surface area contributed by atoms with Gasteiger partial charge >= 0.3 is 0 Å². The van der Waals surface area contributed by atoms with E-state index < -0.39 is 5.54 Å². The molecule has 3 heteroatoms. The average Bonchev–Trinajstić information content (AvgIpc) is 3.30. The molecule has 0 bridgehead atoms. The molecule has 0 saturated heterocycles. The SMILES string of the molecule is CCCN(CC(C#N)(NC1CC1)c1ccccc1)C(C)C. The molecular formula is C18H27N3. The first-order valence-electron chi connectivity index (χ1n) is 8.10. The van der Waals surface area contributed by atoms with Gasteiger partial charge in [-0.2, -0.15) is 5.26 Å². The van der Waals surface area contributed by atoms with E-state index in [-0.39, 0.29) is 0 Å². The lowest BCUT2D eigenvalue weighted by molar-refractivity contribution is 0.171. The van der Waals surface area contributed by atoms with Crippen LogP contribution in [0, 0.1) is 11.3 Å². The van der Waals surface area contributed by atoms with Crippen molar-refractivity contribution in [2.45, 2.75) is 57.7 Å². The van der Waals surface area contributed by atoms with Gasteiger partial charge in [0.25, 0.3) is 0 Å². The predicted molar refractivity (Wildman–Crippen MR) is 86.9 cm³/mol. The van der Waals surface area contributed by atoms with Crippen LogP contribution in [0.3, 0.4) is 0 Å². The van der Waals surface area contributed by atoms with Crippen LogP contribution in [0.1, 0.15) is 45.6 Å². The van der Waals surface area contributed by atoms with Crippen molar-refractivity contribution in [1.82, 2.24) is 10.2 Å². The molecule has 0 heterocycles. The largest absolute Gasteiger partial charge is 0.298 e. The molecule has 21 heavy (non-hydrogen) atoms. The number of benzene rings is 1. The minimum atomic E-state index is -0.595. The minimum Gasteiger partial charge on any atom is -0.298 e. The molecule has 0 spiro atoms. The first kappa shape index (κ1) is 16.0. The molecule has 3 nitrogen and oxygen atoms in total. The van der Waals surface area contributed by atoms with Crippen molar-refractivity contribution in [3.63, 3.8) is 0 Å². The van der Waals surface area contributed by atoms with Gasteiger partial charge in [-0.25, -0.2) is 0 Å². The monoisotopic (exact) mass is 285 g/mol. The summed E-state index contributed by atoms with van der Waals surface area (Å²) in [6, 6.07) is 13.7. The van der Waals surface area contributed by atoms with Gasteiger partial charge in [0.05, 0.1) is 6.07 Å². The zero-order valence-corrected chi connectivity index (χ0v) is 13.5. The maximum absolute atomic E-state index is 9.97. The van der Waals surface area contributed by atoms with E-state index in [0.717, 1.165) is 25.1 Å². The van der Waals surface area contributed by atoms with Crippen molar-refractivity contribution >= 4 is 0 Å². The van der Waals surface area contributed by atoms with Gasteiger partial charge in [-0.05, 0) is 45.2 Å². The van der Waals surface area contributed by atoms with Crippen molar-refractivity contribution < 1.29 is 0 Å². The number of nitriles is 1. The van der Waals surface area contributed by atoms with Gasteiger partial charge in [-0.15, -0.1) is 0 Å². The fraction of sp³-hybridized carbons (Fsp3) is 0.611. The van der Waals surface area contributed by atoms with Gasteiger partial charge in [-0.1, -0.05) is 37.3 Å².